The topological polar surface area (TPSA) is 39.7 Å². The smallest absolute Gasteiger partial charge is 0.191 e. The van der Waals surface area contributed by atoms with Gasteiger partial charge in [-0.25, -0.2) is 0 Å². The molecule has 1 heterocycles. The second kappa shape index (κ2) is 10.7. The molecule has 1 saturated heterocycles. The fourth-order valence-corrected chi connectivity index (χ4v) is 2.80. The van der Waals surface area contributed by atoms with E-state index in [1.165, 1.54) is 37.2 Å². The Hall–Kier alpha value is -0.980. The molecular formula is C18H31IN4. The van der Waals surface area contributed by atoms with Crippen molar-refractivity contribution in [3.63, 3.8) is 0 Å². The number of anilines is 1. The Labute approximate surface area is 158 Å². The summed E-state index contributed by atoms with van der Waals surface area (Å²) < 4.78 is 0. The monoisotopic (exact) mass is 430 g/mol. The van der Waals surface area contributed by atoms with Gasteiger partial charge in [0.1, 0.15) is 0 Å². The van der Waals surface area contributed by atoms with Crippen LogP contribution in [0.1, 0.15) is 51.6 Å². The normalized spacial score (nSPS) is 16.0. The molecule has 2 rings (SSSR count). The van der Waals surface area contributed by atoms with Crippen molar-refractivity contribution in [2.24, 2.45) is 4.99 Å². The number of rotatable bonds is 6. The molecule has 5 heteroatoms. The summed E-state index contributed by atoms with van der Waals surface area (Å²) in [6.45, 7) is 10.6. The van der Waals surface area contributed by atoms with Crippen molar-refractivity contribution in [1.82, 2.24) is 10.6 Å². The standard InChI is InChI=1S/C18H30N4.HI/c1-4-11-20-18(19-5-2)21-15(3)16-9-8-10-17(14-16)22-12-6-7-13-22;/h8-10,14-15H,4-7,11-13H2,1-3H3,(H2,19,20,21);1H. The van der Waals surface area contributed by atoms with Crippen LogP contribution in [-0.4, -0.2) is 32.1 Å². The molecule has 1 fully saturated rings. The first-order valence-electron chi connectivity index (χ1n) is 8.64. The first kappa shape index (κ1) is 20.1. The molecule has 0 aromatic heterocycles. The number of benzene rings is 1. The average molecular weight is 430 g/mol. The van der Waals surface area contributed by atoms with Gasteiger partial charge in [-0.3, -0.25) is 4.99 Å². The van der Waals surface area contributed by atoms with Crippen molar-refractivity contribution < 1.29 is 0 Å². The zero-order valence-corrected chi connectivity index (χ0v) is 17.0. The highest BCUT2D eigenvalue weighted by Crippen LogP contribution is 2.23. The van der Waals surface area contributed by atoms with Crippen LogP contribution in [-0.2, 0) is 0 Å². The summed E-state index contributed by atoms with van der Waals surface area (Å²) in [7, 11) is 0. The zero-order chi connectivity index (χ0) is 15.8. The van der Waals surface area contributed by atoms with Gasteiger partial charge in [-0.1, -0.05) is 19.1 Å². The maximum Gasteiger partial charge on any atom is 0.191 e. The van der Waals surface area contributed by atoms with Crippen LogP contribution in [0.2, 0.25) is 0 Å². The van der Waals surface area contributed by atoms with Gasteiger partial charge in [0, 0.05) is 31.9 Å². The van der Waals surface area contributed by atoms with Gasteiger partial charge in [-0.15, -0.1) is 24.0 Å². The lowest BCUT2D eigenvalue weighted by atomic mass is 10.1. The molecule has 1 aliphatic rings. The lowest BCUT2D eigenvalue weighted by Gasteiger charge is -2.22. The van der Waals surface area contributed by atoms with Crippen molar-refractivity contribution in [3.05, 3.63) is 29.8 Å². The van der Waals surface area contributed by atoms with Gasteiger partial charge >= 0.3 is 0 Å². The van der Waals surface area contributed by atoms with Crippen molar-refractivity contribution in [3.8, 4) is 0 Å². The molecule has 0 saturated carbocycles. The van der Waals surface area contributed by atoms with Gasteiger partial charge in [0.25, 0.3) is 0 Å². The molecule has 1 atom stereocenters. The molecule has 4 nitrogen and oxygen atoms in total. The second-order valence-corrected chi connectivity index (χ2v) is 5.92. The van der Waals surface area contributed by atoms with Crippen LogP contribution < -0.4 is 15.5 Å². The molecule has 0 radical (unpaired) electrons. The summed E-state index contributed by atoms with van der Waals surface area (Å²) >= 11 is 0. The Bertz CT molecular complexity index is 484. The van der Waals surface area contributed by atoms with E-state index in [0.717, 1.165) is 25.5 Å². The Kier molecular flexibility index (Phi) is 9.36. The summed E-state index contributed by atoms with van der Waals surface area (Å²) in [5.74, 6) is 0.906. The highest BCUT2D eigenvalue weighted by molar-refractivity contribution is 14.0. The number of halogens is 1. The predicted octanol–water partition coefficient (Wildman–Crippen LogP) is 3.93. The van der Waals surface area contributed by atoms with E-state index >= 15 is 0 Å². The molecule has 0 bridgehead atoms. The maximum atomic E-state index is 4.58. The molecule has 23 heavy (non-hydrogen) atoms. The third-order valence-corrected chi connectivity index (χ3v) is 4.03. The number of hydrogen-bond acceptors (Lipinski definition) is 2. The number of guanidine groups is 1. The molecule has 1 aromatic carbocycles. The summed E-state index contributed by atoms with van der Waals surface area (Å²) in [6, 6.07) is 9.14. The van der Waals surface area contributed by atoms with Crippen LogP contribution in [0.3, 0.4) is 0 Å². The van der Waals surface area contributed by atoms with Crippen molar-refractivity contribution in [2.45, 2.75) is 46.1 Å². The van der Waals surface area contributed by atoms with Gasteiger partial charge in [0.2, 0.25) is 0 Å². The lowest BCUT2D eigenvalue weighted by Crippen LogP contribution is -2.38. The van der Waals surface area contributed by atoms with Crippen LogP contribution in [0.4, 0.5) is 5.69 Å². The Morgan fingerprint density at radius 1 is 1.26 bits per heavy atom. The van der Waals surface area contributed by atoms with Gasteiger partial charge in [0.05, 0.1) is 6.04 Å². The van der Waals surface area contributed by atoms with E-state index in [-0.39, 0.29) is 30.0 Å². The minimum absolute atomic E-state index is 0. The lowest BCUT2D eigenvalue weighted by molar-refractivity contribution is 0.685. The Morgan fingerprint density at radius 2 is 2.00 bits per heavy atom. The van der Waals surface area contributed by atoms with E-state index < -0.39 is 0 Å². The summed E-state index contributed by atoms with van der Waals surface area (Å²) in [6.07, 6.45) is 3.69. The molecule has 0 aliphatic carbocycles. The van der Waals surface area contributed by atoms with Crippen molar-refractivity contribution in [1.29, 1.82) is 0 Å². The number of nitrogens with one attached hydrogen (secondary N) is 2. The van der Waals surface area contributed by atoms with Crippen LogP contribution in [0.5, 0.6) is 0 Å². The first-order valence-corrected chi connectivity index (χ1v) is 8.64. The zero-order valence-electron chi connectivity index (χ0n) is 14.6. The highest BCUT2D eigenvalue weighted by atomic mass is 127. The Balaban J connectivity index is 0.00000264. The molecule has 1 aromatic rings. The van der Waals surface area contributed by atoms with Crippen LogP contribution >= 0.6 is 24.0 Å². The van der Waals surface area contributed by atoms with E-state index in [2.05, 4.69) is 65.6 Å². The van der Waals surface area contributed by atoms with Crippen LogP contribution in [0.15, 0.2) is 29.3 Å². The molecule has 0 spiro atoms. The van der Waals surface area contributed by atoms with Crippen molar-refractivity contribution >= 4 is 35.6 Å². The molecular weight excluding hydrogens is 399 g/mol. The number of nitrogens with zero attached hydrogens (tertiary/aromatic N) is 2. The minimum Gasteiger partial charge on any atom is -0.372 e. The quantitative estimate of drug-likeness (QED) is 0.408. The fraction of sp³-hybridized carbons (Fsp3) is 0.611. The first-order chi connectivity index (χ1) is 10.7. The van der Waals surface area contributed by atoms with Gasteiger partial charge in [0.15, 0.2) is 5.96 Å². The molecule has 1 unspecified atom stereocenters. The molecule has 130 valence electrons. The average Bonchev–Trinajstić information content (AvgIpc) is 3.07. The van der Waals surface area contributed by atoms with Crippen molar-refractivity contribution in [2.75, 3.05) is 31.1 Å². The molecule has 1 aliphatic heterocycles. The number of aliphatic imine (C=N–C) groups is 1. The third-order valence-electron chi connectivity index (χ3n) is 4.03. The van der Waals surface area contributed by atoms with Gasteiger partial charge in [-0.05, 0) is 50.8 Å². The van der Waals surface area contributed by atoms with E-state index in [0.29, 0.717) is 0 Å². The van der Waals surface area contributed by atoms with E-state index in [9.17, 15) is 0 Å². The highest BCUT2D eigenvalue weighted by Gasteiger charge is 2.14. The minimum atomic E-state index is 0. The van der Waals surface area contributed by atoms with Gasteiger partial charge in [-0.2, -0.15) is 0 Å². The largest absolute Gasteiger partial charge is 0.372 e. The van der Waals surface area contributed by atoms with Crippen LogP contribution in [0.25, 0.3) is 0 Å². The fourth-order valence-electron chi connectivity index (χ4n) is 2.80. The number of hydrogen-bond donors (Lipinski definition) is 2. The summed E-state index contributed by atoms with van der Waals surface area (Å²) in [4.78, 5) is 7.06. The van der Waals surface area contributed by atoms with E-state index in [1.54, 1.807) is 0 Å². The summed E-state index contributed by atoms with van der Waals surface area (Å²) in [5, 5.41) is 6.82. The summed E-state index contributed by atoms with van der Waals surface area (Å²) in [5.41, 5.74) is 2.66. The van der Waals surface area contributed by atoms with Crippen LogP contribution in [0, 0.1) is 0 Å². The van der Waals surface area contributed by atoms with E-state index in [1.807, 2.05) is 0 Å². The SMILES string of the molecule is CCCN=C(NCC)NC(C)c1cccc(N2CCCC2)c1.I. The molecule has 2 N–H and O–H groups in total. The van der Waals surface area contributed by atoms with Gasteiger partial charge < -0.3 is 15.5 Å². The molecule has 0 amide bonds. The Morgan fingerprint density at radius 3 is 2.65 bits per heavy atom. The van der Waals surface area contributed by atoms with E-state index in [4.69, 9.17) is 0 Å². The third kappa shape index (κ3) is 6.20. The maximum absolute atomic E-state index is 4.58. The second-order valence-electron chi connectivity index (χ2n) is 5.92. The predicted molar refractivity (Wildman–Crippen MR) is 111 cm³/mol.